The molecule has 0 radical (unpaired) electrons. The first kappa shape index (κ1) is 15.8. The fourth-order valence-electron chi connectivity index (χ4n) is 4.59. The molecule has 2 bridgehead atoms. The van der Waals surface area contributed by atoms with Crippen molar-refractivity contribution in [3.8, 4) is 5.75 Å². The van der Waals surface area contributed by atoms with E-state index in [0.717, 1.165) is 32.5 Å². The maximum Gasteiger partial charge on any atom is 0.115 e. The molecule has 1 saturated heterocycles. The molecular weight excluding hydrogens is 274 g/mol. The summed E-state index contributed by atoms with van der Waals surface area (Å²) in [6, 6.07) is 6.54. The summed E-state index contributed by atoms with van der Waals surface area (Å²) >= 11 is 0. The van der Waals surface area contributed by atoms with Crippen molar-refractivity contribution in [3.05, 3.63) is 29.3 Å². The van der Waals surface area contributed by atoms with Crippen molar-refractivity contribution in [1.82, 2.24) is 4.90 Å². The smallest absolute Gasteiger partial charge is 0.115 e. The Hall–Kier alpha value is -1.06. The Morgan fingerprint density at radius 3 is 2.95 bits per heavy atom. The van der Waals surface area contributed by atoms with Crippen molar-refractivity contribution in [2.24, 2.45) is 5.92 Å². The van der Waals surface area contributed by atoms with Crippen molar-refractivity contribution in [2.75, 3.05) is 19.7 Å². The average Bonchev–Trinajstić information content (AvgIpc) is 2.47. The second-order valence-corrected chi connectivity index (χ2v) is 7.33. The van der Waals surface area contributed by atoms with Crippen molar-refractivity contribution < 1.29 is 9.84 Å². The lowest BCUT2D eigenvalue weighted by atomic mass is 9.59. The van der Waals surface area contributed by atoms with Crippen molar-refractivity contribution in [3.63, 3.8) is 0 Å². The molecule has 122 valence electrons. The van der Waals surface area contributed by atoms with Gasteiger partial charge in [0.15, 0.2) is 0 Å². The van der Waals surface area contributed by atoms with Gasteiger partial charge >= 0.3 is 0 Å². The Bertz CT molecular complexity index is 544. The van der Waals surface area contributed by atoms with Gasteiger partial charge in [-0.05, 0) is 67.8 Å². The molecule has 0 saturated carbocycles. The Morgan fingerprint density at radius 2 is 2.23 bits per heavy atom. The first-order valence-electron chi connectivity index (χ1n) is 8.63. The van der Waals surface area contributed by atoms with Crippen LogP contribution in [0, 0.1) is 5.92 Å². The molecule has 4 atom stereocenters. The molecule has 1 N–H and O–H groups in total. The van der Waals surface area contributed by atoms with Crippen LogP contribution in [0.4, 0.5) is 0 Å². The molecule has 0 aromatic heterocycles. The Kier molecular flexibility index (Phi) is 4.21. The topological polar surface area (TPSA) is 32.7 Å². The molecule has 3 heteroatoms. The highest BCUT2D eigenvalue weighted by Crippen LogP contribution is 2.49. The molecule has 1 aromatic rings. The highest BCUT2D eigenvalue weighted by atomic mass is 16.5. The number of hydrogen-bond acceptors (Lipinski definition) is 3. The molecule has 1 fully saturated rings. The molecule has 1 aromatic carbocycles. The highest BCUT2D eigenvalue weighted by molar-refractivity contribution is 5.44. The summed E-state index contributed by atoms with van der Waals surface area (Å²) in [5.74, 6) is 1.00. The quantitative estimate of drug-likeness (QED) is 0.926. The molecular formula is C19H29NO2. The molecule has 3 rings (SSSR count). The van der Waals surface area contributed by atoms with Crippen LogP contribution in [0.15, 0.2) is 18.2 Å². The molecule has 3 nitrogen and oxygen atoms in total. The van der Waals surface area contributed by atoms with Gasteiger partial charge in [0.25, 0.3) is 0 Å². The van der Waals surface area contributed by atoms with Crippen LogP contribution in [0.3, 0.4) is 0 Å². The number of hydrogen-bond donors (Lipinski definition) is 1. The van der Waals surface area contributed by atoms with E-state index in [1.807, 2.05) is 12.1 Å². The standard InChI is InChI=1S/C19H29NO2/c1-5-22-13(2)12-20-9-8-19(4)14(3)18(20)10-15-6-7-16(21)11-17(15)19/h6-7,11,13-14,18,21H,5,8-10,12H2,1-4H3/t13-,14-,18-,19-/m1/s1. The molecule has 1 heterocycles. The number of phenolic OH excluding ortho intramolecular Hbond substituents is 1. The third kappa shape index (κ3) is 2.55. The predicted octanol–water partition coefficient (Wildman–Crippen LogP) is 3.34. The summed E-state index contributed by atoms with van der Waals surface area (Å²) in [6.45, 7) is 11.9. The summed E-state index contributed by atoms with van der Waals surface area (Å²) in [4.78, 5) is 2.63. The molecule has 0 spiro atoms. The summed E-state index contributed by atoms with van der Waals surface area (Å²) in [5, 5.41) is 9.89. The van der Waals surface area contributed by atoms with E-state index in [2.05, 4.69) is 38.7 Å². The lowest BCUT2D eigenvalue weighted by Crippen LogP contribution is -2.59. The second kappa shape index (κ2) is 5.86. The van der Waals surface area contributed by atoms with Crippen molar-refractivity contribution in [2.45, 2.75) is 58.1 Å². The van der Waals surface area contributed by atoms with Crippen LogP contribution in [-0.2, 0) is 16.6 Å². The van der Waals surface area contributed by atoms with Gasteiger partial charge in [0, 0.05) is 19.2 Å². The number of benzene rings is 1. The van der Waals surface area contributed by atoms with Crippen LogP contribution in [0.1, 0.15) is 45.2 Å². The molecule has 0 amide bonds. The molecule has 1 aliphatic carbocycles. The third-order valence-electron chi connectivity index (χ3n) is 6.05. The first-order chi connectivity index (χ1) is 10.5. The van der Waals surface area contributed by atoms with Gasteiger partial charge in [0.1, 0.15) is 5.75 Å². The van der Waals surface area contributed by atoms with E-state index in [1.165, 1.54) is 11.1 Å². The minimum absolute atomic E-state index is 0.183. The maximum absolute atomic E-state index is 9.89. The minimum Gasteiger partial charge on any atom is -0.508 e. The van der Waals surface area contributed by atoms with Crippen LogP contribution in [-0.4, -0.2) is 41.8 Å². The lowest BCUT2D eigenvalue weighted by molar-refractivity contribution is -0.0164. The fraction of sp³-hybridized carbons (Fsp3) is 0.684. The number of aromatic hydroxyl groups is 1. The van der Waals surface area contributed by atoms with Gasteiger partial charge in [-0.25, -0.2) is 0 Å². The van der Waals surface area contributed by atoms with E-state index in [0.29, 0.717) is 23.8 Å². The number of ether oxygens (including phenoxy) is 1. The molecule has 22 heavy (non-hydrogen) atoms. The van der Waals surface area contributed by atoms with Gasteiger partial charge in [0.05, 0.1) is 6.10 Å². The molecule has 2 aliphatic rings. The number of phenols is 1. The van der Waals surface area contributed by atoms with Crippen LogP contribution in [0.5, 0.6) is 5.75 Å². The second-order valence-electron chi connectivity index (χ2n) is 7.33. The normalized spacial score (nSPS) is 32.5. The molecule has 1 aliphatic heterocycles. The lowest BCUT2D eigenvalue weighted by Gasteiger charge is -2.55. The van der Waals surface area contributed by atoms with Crippen molar-refractivity contribution >= 4 is 0 Å². The first-order valence-corrected chi connectivity index (χ1v) is 8.63. The number of fused-ring (bicyclic) bond motifs is 4. The monoisotopic (exact) mass is 303 g/mol. The summed E-state index contributed by atoms with van der Waals surface area (Å²) in [7, 11) is 0. The van der Waals surface area contributed by atoms with Gasteiger partial charge in [0.2, 0.25) is 0 Å². The summed E-state index contributed by atoms with van der Waals surface area (Å²) in [6.07, 6.45) is 2.54. The van der Waals surface area contributed by atoms with Gasteiger partial charge < -0.3 is 9.84 Å². The largest absolute Gasteiger partial charge is 0.508 e. The van der Waals surface area contributed by atoms with Crippen LogP contribution in [0.2, 0.25) is 0 Å². The van der Waals surface area contributed by atoms with E-state index in [-0.39, 0.29) is 5.41 Å². The fourth-order valence-corrected chi connectivity index (χ4v) is 4.59. The van der Waals surface area contributed by atoms with Crippen LogP contribution in [0.25, 0.3) is 0 Å². The Balaban J connectivity index is 1.88. The number of rotatable bonds is 4. The Morgan fingerprint density at radius 1 is 1.45 bits per heavy atom. The average molecular weight is 303 g/mol. The van der Waals surface area contributed by atoms with Gasteiger partial charge in [-0.2, -0.15) is 0 Å². The predicted molar refractivity (Wildman–Crippen MR) is 89.4 cm³/mol. The van der Waals surface area contributed by atoms with Gasteiger partial charge in [-0.1, -0.05) is 19.9 Å². The van der Waals surface area contributed by atoms with Crippen LogP contribution < -0.4 is 0 Å². The van der Waals surface area contributed by atoms with E-state index >= 15 is 0 Å². The summed E-state index contributed by atoms with van der Waals surface area (Å²) in [5.41, 5.74) is 2.97. The zero-order valence-electron chi connectivity index (χ0n) is 14.3. The third-order valence-corrected chi connectivity index (χ3v) is 6.05. The number of nitrogens with zero attached hydrogens (tertiary/aromatic N) is 1. The van der Waals surface area contributed by atoms with E-state index in [1.54, 1.807) is 0 Å². The zero-order chi connectivity index (χ0) is 15.9. The Labute approximate surface area is 134 Å². The summed E-state index contributed by atoms with van der Waals surface area (Å²) < 4.78 is 5.75. The van der Waals surface area contributed by atoms with Crippen molar-refractivity contribution in [1.29, 1.82) is 0 Å². The number of likely N-dealkylation sites (tertiary alicyclic amines) is 1. The minimum atomic E-state index is 0.183. The maximum atomic E-state index is 9.89. The van der Waals surface area contributed by atoms with E-state index in [4.69, 9.17) is 4.74 Å². The van der Waals surface area contributed by atoms with Gasteiger partial charge in [-0.3, -0.25) is 4.90 Å². The van der Waals surface area contributed by atoms with E-state index < -0.39 is 0 Å². The van der Waals surface area contributed by atoms with Crippen LogP contribution >= 0.6 is 0 Å². The van der Waals surface area contributed by atoms with Gasteiger partial charge in [-0.15, -0.1) is 0 Å². The zero-order valence-corrected chi connectivity index (χ0v) is 14.3. The SMILES string of the molecule is CCO[C@H](C)CN1CC[C@@]2(C)c3cc(O)ccc3C[C@@H]1[C@H]2C. The highest BCUT2D eigenvalue weighted by Gasteiger charge is 2.48. The molecule has 0 unspecified atom stereocenters. The number of piperidine rings is 1. The van der Waals surface area contributed by atoms with E-state index in [9.17, 15) is 5.11 Å².